The number of anilines is 1. The number of thiophene rings is 1. The summed E-state index contributed by atoms with van der Waals surface area (Å²) in [6, 6.07) is 7.74. The minimum absolute atomic E-state index is 0.0852. The lowest BCUT2D eigenvalue weighted by molar-refractivity contribution is -0.144. The van der Waals surface area contributed by atoms with Gasteiger partial charge in [0.1, 0.15) is 28.4 Å². The lowest BCUT2D eigenvalue weighted by Gasteiger charge is -2.07. The fourth-order valence-electron chi connectivity index (χ4n) is 2.23. The standard InChI is InChI=1S/C18H17FN2O4S/c1-2-24-18(23)16-14(13(9-20)17(21)26-16)10-25-15(22)8-5-11-3-6-12(19)7-4-11/h3-4,6-7H,2,5,8,10,21H2,1H3. The van der Waals surface area contributed by atoms with Gasteiger partial charge in [-0.25, -0.2) is 9.18 Å². The van der Waals surface area contributed by atoms with Crippen LogP contribution in [0.5, 0.6) is 0 Å². The van der Waals surface area contributed by atoms with Crippen molar-refractivity contribution in [3.63, 3.8) is 0 Å². The number of nitrogens with two attached hydrogens (primary N) is 1. The van der Waals surface area contributed by atoms with Crippen LogP contribution in [0.2, 0.25) is 0 Å². The topological polar surface area (TPSA) is 102 Å². The Balaban J connectivity index is 2.01. The summed E-state index contributed by atoms with van der Waals surface area (Å²) in [5, 5.41) is 9.39. The number of nitrogen functional groups attached to an aromatic ring is 1. The van der Waals surface area contributed by atoms with Gasteiger partial charge in [0.05, 0.1) is 12.2 Å². The zero-order valence-electron chi connectivity index (χ0n) is 14.1. The van der Waals surface area contributed by atoms with Crippen molar-refractivity contribution in [3.05, 3.63) is 51.7 Å². The van der Waals surface area contributed by atoms with Gasteiger partial charge in [-0.2, -0.15) is 5.26 Å². The molecule has 6 nitrogen and oxygen atoms in total. The van der Waals surface area contributed by atoms with Crippen LogP contribution in [0.15, 0.2) is 24.3 Å². The highest BCUT2D eigenvalue weighted by Gasteiger charge is 2.23. The van der Waals surface area contributed by atoms with Crippen LogP contribution in [-0.4, -0.2) is 18.5 Å². The Labute approximate surface area is 153 Å². The number of hydrogen-bond donors (Lipinski definition) is 1. The van der Waals surface area contributed by atoms with Crippen LogP contribution in [0, 0.1) is 17.1 Å². The molecule has 0 radical (unpaired) electrons. The van der Waals surface area contributed by atoms with Crippen molar-refractivity contribution in [3.8, 4) is 6.07 Å². The van der Waals surface area contributed by atoms with Gasteiger partial charge >= 0.3 is 11.9 Å². The largest absolute Gasteiger partial charge is 0.462 e. The maximum atomic E-state index is 12.9. The molecule has 0 aliphatic carbocycles. The summed E-state index contributed by atoms with van der Waals surface area (Å²) < 4.78 is 23.0. The Morgan fingerprint density at radius 2 is 1.96 bits per heavy atom. The molecule has 0 atom stereocenters. The molecule has 1 aromatic heterocycles. The quantitative estimate of drug-likeness (QED) is 0.745. The summed E-state index contributed by atoms with van der Waals surface area (Å²) in [4.78, 5) is 24.1. The Morgan fingerprint density at radius 1 is 1.27 bits per heavy atom. The number of esters is 2. The van der Waals surface area contributed by atoms with E-state index in [0.717, 1.165) is 16.9 Å². The summed E-state index contributed by atoms with van der Waals surface area (Å²) >= 11 is 0.931. The normalized spacial score (nSPS) is 10.2. The molecule has 1 heterocycles. The number of rotatable bonds is 7. The zero-order chi connectivity index (χ0) is 19.1. The van der Waals surface area contributed by atoms with Gasteiger partial charge < -0.3 is 15.2 Å². The molecule has 1 aromatic carbocycles. The minimum Gasteiger partial charge on any atom is -0.462 e. The number of ether oxygens (including phenoxy) is 2. The number of aryl methyl sites for hydroxylation is 1. The second kappa shape index (κ2) is 8.97. The highest BCUT2D eigenvalue weighted by atomic mass is 32.1. The van der Waals surface area contributed by atoms with E-state index in [1.807, 2.05) is 6.07 Å². The molecule has 2 rings (SSSR count). The molecule has 0 aliphatic rings. The number of nitriles is 1. The van der Waals surface area contributed by atoms with Crippen molar-refractivity contribution in [1.29, 1.82) is 5.26 Å². The van der Waals surface area contributed by atoms with Crippen LogP contribution in [0.1, 0.15) is 39.7 Å². The molecule has 0 spiro atoms. The molecule has 8 heteroatoms. The molecule has 0 unspecified atom stereocenters. The van der Waals surface area contributed by atoms with Crippen molar-refractivity contribution in [2.75, 3.05) is 12.3 Å². The van der Waals surface area contributed by atoms with Gasteiger partial charge in [-0.05, 0) is 31.0 Å². The van der Waals surface area contributed by atoms with E-state index in [-0.39, 0.29) is 46.5 Å². The van der Waals surface area contributed by atoms with Crippen LogP contribution < -0.4 is 5.73 Å². The van der Waals surface area contributed by atoms with Crippen molar-refractivity contribution in [1.82, 2.24) is 0 Å². The first-order valence-corrected chi connectivity index (χ1v) is 8.66. The second-order valence-electron chi connectivity index (χ2n) is 5.27. The Bertz CT molecular complexity index is 840. The molecule has 2 N–H and O–H groups in total. The van der Waals surface area contributed by atoms with Gasteiger partial charge in [-0.1, -0.05) is 12.1 Å². The fourth-order valence-corrected chi connectivity index (χ4v) is 3.15. The molecule has 0 saturated carbocycles. The molecule has 0 aliphatic heterocycles. The predicted molar refractivity (Wildman–Crippen MR) is 93.9 cm³/mol. The lowest BCUT2D eigenvalue weighted by atomic mass is 10.1. The first kappa shape index (κ1) is 19.4. The first-order valence-electron chi connectivity index (χ1n) is 7.84. The molecule has 0 fully saturated rings. The number of carbonyl (C=O) groups is 2. The molecule has 0 saturated heterocycles. The van der Waals surface area contributed by atoms with Gasteiger partial charge in [-0.3, -0.25) is 4.79 Å². The van der Waals surface area contributed by atoms with Gasteiger partial charge in [-0.15, -0.1) is 11.3 Å². The van der Waals surface area contributed by atoms with E-state index in [4.69, 9.17) is 15.2 Å². The van der Waals surface area contributed by atoms with Crippen LogP contribution in [-0.2, 0) is 27.3 Å². The third-order valence-electron chi connectivity index (χ3n) is 3.52. The lowest BCUT2D eigenvalue weighted by Crippen LogP contribution is -2.10. The molecule has 2 aromatic rings. The summed E-state index contributed by atoms with van der Waals surface area (Å²) in [5.74, 6) is -1.46. The Morgan fingerprint density at radius 3 is 2.58 bits per heavy atom. The molecule has 0 amide bonds. The van der Waals surface area contributed by atoms with Gasteiger partial charge in [0, 0.05) is 12.0 Å². The zero-order valence-corrected chi connectivity index (χ0v) is 14.9. The van der Waals surface area contributed by atoms with Crippen molar-refractivity contribution in [2.45, 2.75) is 26.4 Å². The number of nitrogens with zero attached hydrogens (tertiary/aromatic N) is 1. The maximum absolute atomic E-state index is 12.9. The predicted octanol–water partition coefficient (Wildman–Crippen LogP) is 3.19. The number of hydrogen-bond acceptors (Lipinski definition) is 7. The molecule has 0 bridgehead atoms. The van der Waals surface area contributed by atoms with Crippen LogP contribution in [0.4, 0.5) is 9.39 Å². The van der Waals surface area contributed by atoms with Crippen LogP contribution in [0.25, 0.3) is 0 Å². The summed E-state index contributed by atoms with van der Waals surface area (Å²) in [5.41, 5.74) is 6.92. The molecular weight excluding hydrogens is 359 g/mol. The molecule has 136 valence electrons. The second-order valence-corrected chi connectivity index (χ2v) is 6.32. The van der Waals surface area contributed by atoms with E-state index in [2.05, 4.69) is 0 Å². The smallest absolute Gasteiger partial charge is 0.348 e. The number of halogens is 1. The maximum Gasteiger partial charge on any atom is 0.348 e. The van der Waals surface area contributed by atoms with E-state index in [0.29, 0.717) is 6.42 Å². The average molecular weight is 376 g/mol. The van der Waals surface area contributed by atoms with E-state index < -0.39 is 11.9 Å². The summed E-state index contributed by atoms with van der Waals surface area (Å²) in [6.07, 6.45) is 0.475. The summed E-state index contributed by atoms with van der Waals surface area (Å²) in [7, 11) is 0. The molecular formula is C18H17FN2O4S. The number of carbonyl (C=O) groups excluding carboxylic acids is 2. The number of benzene rings is 1. The monoisotopic (exact) mass is 376 g/mol. The summed E-state index contributed by atoms with van der Waals surface area (Å²) in [6.45, 7) is 1.59. The third kappa shape index (κ3) is 4.80. The van der Waals surface area contributed by atoms with E-state index in [1.165, 1.54) is 12.1 Å². The van der Waals surface area contributed by atoms with Crippen molar-refractivity contribution < 1.29 is 23.5 Å². The van der Waals surface area contributed by atoms with Crippen LogP contribution in [0.3, 0.4) is 0 Å². The van der Waals surface area contributed by atoms with E-state index >= 15 is 0 Å². The highest BCUT2D eigenvalue weighted by molar-refractivity contribution is 7.18. The molecule has 26 heavy (non-hydrogen) atoms. The van der Waals surface area contributed by atoms with E-state index in [9.17, 15) is 19.2 Å². The Hall–Kier alpha value is -2.92. The van der Waals surface area contributed by atoms with Crippen LogP contribution >= 0.6 is 11.3 Å². The van der Waals surface area contributed by atoms with Crippen molar-refractivity contribution >= 4 is 28.3 Å². The van der Waals surface area contributed by atoms with E-state index in [1.54, 1.807) is 19.1 Å². The van der Waals surface area contributed by atoms with Crippen molar-refractivity contribution in [2.24, 2.45) is 0 Å². The minimum atomic E-state index is -0.608. The fraction of sp³-hybridized carbons (Fsp3) is 0.278. The van der Waals surface area contributed by atoms with Gasteiger partial charge in [0.25, 0.3) is 0 Å². The average Bonchev–Trinajstić information content (AvgIpc) is 2.95. The third-order valence-corrected chi connectivity index (χ3v) is 4.56. The van der Waals surface area contributed by atoms with Gasteiger partial charge in [0.15, 0.2) is 0 Å². The first-order chi connectivity index (χ1) is 12.5. The Kier molecular flexibility index (Phi) is 6.69. The van der Waals surface area contributed by atoms with Gasteiger partial charge in [0.2, 0.25) is 0 Å². The highest BCUT2D eigenvalue weighted by Crippen LogP contribution is 2.31. The SMILES string of the molecule is CCOC(=O)c1sc(N)c(C#N)c1COC(=O)CCc1ccc(F)cc1.